The number of nitrogens with zero attached hydrogens (tertiary/aromatic N) is 4. The first-order valence-electron chi connectivity index (χ1n) is 9.50. The summed E-state index contributed by atoms with van der Waals surface area (Å²) in [6.45, 7) is 0.584. The summed E-state index contributed by atoms with van der Waals surface area (Å²) in [4.78, 5) is 24.5. The van der Waals surface area contributed by atoms with Gasteiger partial charge in [-0.15, -0.1) is 0 Å². The lowest BCUT2D eigenvalue weighted by Crippen LogP contribution is -2.44. The molecule has 0 aliphatic carbocycles. The molecule has 10 nitrogen and oxygen atoms in total. The number of aliphatic hydroxyl groups is 1. The third kappa shape index (κ3) is 3.56. The molecule has 5 rings (SSSR count). The molecule has 0 radical (unpaired) electrons. The maximum Gasteiger partial charge on any atom is 0.226 e. The molecule has 2 aliphatic heterocycles. The first kappa shape index (κ1) is 20.6. The number of benzene rings is 1. The van der Waals surface area contributed by atoms with E-state index in [9.17, 15) is 9.90 Å². The van der Waals surface area contributed by atoms with Crippen molar-refractivity contribution in [2.45, 2.75) is 37.0 Å². The highest BCUT2D eigenvalue weighted by atomic mass is 79.9. The van der Waals surface area contributed by atoms with Gasteiger partial charge in [0.15, 0.2) is 23.2 Å². The van der Waals surface area contributed by atoms with Gasteiger partial charge < -0.3 is 25.6 Å². The van der Waals surface area contributed by atoms with Crippen LogP contribution in [0.4, 0.5) is 5.82 Å². The molecule has 4 N–H and O–H groups in total. The first-order chi connectivity index (χ1) is 14.9. The van der Waals surface area contributed by atoms with Gasteiger partial charge in [-0.05, 0) is 29.3 Å². The summed E-state index contributed by atoms with van der Waals surface area (Å²) >= 11 is 9.63. The zero-order valence-corrected chi connectivity index (χ0v) is 18.4. The molecule has 2 aliphatic rings. The number of nitrogens with one attached hydrogen (secondary N) is 1. The summed E-state index contributed by atoms with van der Waals surface area (Å²) in [5.74, 6) is -0.117. The number of primary amides is 1. The molecule has 1 amide bonds. The molecule has 0 saturated carbocycles. The maximum absolute atomic E-state index is 11.5. The molecule has 0 unspecified atom stereocenters. The Hall–Kier alpha value is -2.31. The second-order valence-corrected chi connectivity index (χ2v) is 8.84. The predicted molar refractivity (Wildman–Crippen MR) is 114 cm³/mol. The Morgan fingerprint density at radius 1 is 1.45 bits per heavy atom. The van der Waals surface area contributed by atoms with Crippen LogP contribution in [0.5, 0.6) is 0 Å². The number of amides is 1. The number of carbonyl (C=O) groups is 1. The Morgan fingerprint density at radius 3 is 3.06 bits per heavy atom. The topological polar surface area (TPSA) is 137 Å². The molecular formula is C19H18BrClN6O4. The second-order valence-electron chi connectivity index (χ2n) is 7.59. The Labute approximate surface area is 189 Å². The average molecular weight is 510 g/mol. The average Bonchev–Trinajstić information content (AvgIpc) is 3.34. The van der Waals surface area contributed by atoms with E-state index in [2.05, 4.69) is 36.2 Å². The highest BCUT2D eigenvalue weighted by Gasteiger charge is 2.62. The summed E-state index contributed by atoms with van der Waals surface area (Å²) < 4.78 is 14.4. The van der Waals surface area contributed by atoms with Gasteiger partial charge in [0.05, 0.1) is 19.4 Å². The highest BCUT2D eigenvalue weighted by Crippen LogP contribution is 2.47. The van der Waals surface area contributed by atoms with Gasteiger partial charge >= 0.3 is 0 Å². The van der Waals surface area contributed by atoms with E-state index in [4.69, 9.17) is 26.8 Å². The van der Waals surface area contributed by atoms with Crippen molar-refractivity contribution in [3.05, 3.63) is 45.9 Å². The Bertz CT molecular complexity index is 1180. The highest BCUT2D eigenvalue weighted by molar-refractivity contribution is 9.10. The van der Waals surface area contributed by atoms with Crippen LogP contribution in [0, 0.1) is 0 Å². The number of imidazole rings is 1. The third-order valence-corrected chi connectivity index (χ3v) is 6.16. The zero-order valence-electron chi connectivity index (χ0n) is 16.0. The normalized spacial score (nSPS) is 27.1. The summed E-state index contributed by atoms with van der Waals surface area (Å²) in [5, 5.41) is 13.9. The van der Waals surface area contributed by atoms with Gasteiger partial charge in [-0.2, -0.15) is 9.97 Å². The van der Waals surface area contributed by atoms with E-state index in [1.165, 1.54) is 6.33 Å². The van der Waals surface area contributed by atoms with Crippen molar-refractivity contribution in [2.75, 3.05) is 11.9 Å². The number of rotatable bonds is 6. The molecule has 4 atom stereocenters. The summed E-state index contributed by atoms with van der Waals surface area (Å²) in [6.07, 6.45) is -1.06. The fraction of sp³-hybridized carbons (Fsp3) is 0.368. The lowest BCUT2D eigenvalue weighted by atomic mass is 9.95. The fourth-order valence-electron chi connectivity index (χ4n) is 4.10. The number of aliphatic hydroxyl groups excluding tert-OH is 1. The smallest absolute Gasteiger partial charge is 0.226 e. The van der Waals surface area contributed by atoms with Crippen LogP contribution in [0.3, 0.4) is 0 Å². The fourth-order valence-corrected chi connectivity index (χ4v) is 4.71. The van der Waals surface area contributed by atoms with Gasteiger partial charge in [0.2, 0.25) is 11.2 Å². The molecule has 12 heteroatoms. The predicted octanol–water partition coefficient (Wildman–Crippen LogP) is 1.76. The Morgan fingerprint density at radius 2 is 2.29 bits per heavy atom. The van der Waals surface area contributed by atoms with Crippen molar-refractivity contribution in [1.29, 1.82) is 0 Å². The number of ether oxygens (including phenoxy) is 2. The van der Waals surface area contributed by atoms with Crippen molar-refractivity contribution in [1.82, 2.24) is 19.5 Å². The lowest BCUT2D eigenvalue weighted by Gasteiger charge is -2.30. The quantitative estimate of drug-likeness (QED) is 0.428. The molecule has 31 heavy (non-hydrogen) atoms. The van der Waals surface area contributed by atoms with Crippen LogP contribution in [0.2, 0.25) is 5.28 Å². The van der Waals surface area contributed by atoms with Crippen molar-refractivity contribution >= 4 is 50.4 Å². The van der Waals surface area contributed by atoms with Gasteiger partial charge in [-0.3, -0.25) is 9.36 Å². The van der Waals surface area contributed by atoms with E-state index in [1.807, 2.05) is 24.3 Å². The van der Waals surface area contributed by atoms with Crippen molar-refractivity contribution in [2.24, 2.45) is 5.73 Å². The van der Waals surface area contributed by atoms with Gasteiger partial charge in [0.1, 0.15) is 17.8 Å². The van der Waals surface area contributed by atoms with Crippen molar-refractivity contribution in [3.8, 4) is 0 Å². The third-order valence-electron chi connectivity index (χ3n) is 5.50. The number of hydrogen-bond donors (Lipinski definition) is 3. The monoisotopic (exact) mass is 508 g/mol. The van der Waals surface area contributed by atoms with E-state index >= 15 is 0 Å². The van der Waals surface area contributed by atoms with Crippen LogP contribution >= 0.6 is 27.5 Å². The molecule has 162 valence electrons. The van der Waals surface area contributed by atoms with Crippen LogP contribution in [0.25, 0.3) is 11.2 Å². The second kappa shape index (κ2) is 7.68. The van der Waals surface area contributed by atoms with Crippen LogP contribution < -0.4 is 11.1 Å². The molecule has 4 heterocycles. The van der Waals surface area contributed by atoms with Crippen LogP contribution in [-0.2, 0) is 20.8 Å². The van der Waals surface area contributed by atoms with Crippen LogP contribution in [0.15, 0.2) is 35.1 Å². The number of carbonyl (C=O) groups excluding carboxylic acids is 1. The maximum atomic E-state index is 11.5. The number of anilines is 1. The van der Waals surface area contributed by atoms with Crippen molar-refractivity contribution < 1.29 is 19.4 Å². The summed E-state index contributed by atoms with van der Waals surface area (Å²) in [6, 6.07) is 7.86. The van der Waals surface area contributed by atoms with E-state index in [-0.39, 0.29) is 18.3 Å². The number of nitrogens with two attached hydrogens (primary N) is 1. The molecule has 1 aromatic carbocycles. The number of fused-ring (bicyclic) bond motifs is 3. The molecule has 2 aromatic heterocycles. The minimum absolute atomic E-state index is 0.0301. The molecule has 2 fully saturated rings. The van der Waals surface area contributed by atoms with Crippen molar-refractivity contribution in [3.63, 3.8) is 0 Å². The van der Waals surface area contributed by atoms with Gasteiger partial charge in [-0.25, -0.2) is 4.98 Å². The Kier molecular flexibility index (Phi) is 5.10. The SMILES string of the molecule is NC(=O)C[C@]12CO[C@@H]([C@H](n3cnc4c(NCc5cccc(Br)c5)nc(Cl)nc43)O1)[C@@H]2O. The molecule has 2 saturated heterocycles. The largest absolute Gasteiger partial charge is 0.387 e. The van der Waals surface area contributed by atoms with Gasteiger partial charge in [0.25, 0.3) is 0 Å². The number of aromatic nitrogens is 4. The van der Waals surface area contributed by atoms with E-state index < -0.39 is 29.9 Å². The minimum atomic E-state index is -1.18. The standard InChI is InChI=1S/C19H18BrClN6O4/c20-10-3-1-2-9(4-10)6-23-15-12-16(26-18(21)25-15)27(8-24-12)17-13-14(29)19(31-17,7-30-13)5-11(22)28/h1-4,8,13-14,17,29H,5-7H2,(H2,22,28)(H,23,25,26)/t13-,14+,17-,19-/m1/s1. The summed E-state index contributed by atoms with van der Waals surface area (Å²) in [7, 11) is 0. The lowest BCUT2D eigenvalue weighted by molar-refractivity contribution is -0.177. The van der Waals surface area contributed by atoms with Gasteiger partial charge in [0, 0.05) is 11.0 Å². The van der Waals surface area contributed by atoms with E-state index in [0.717, 1.165) is 10.0 Å². The Balaban J connectivity index is 1.46. The zero-order chi connectivity index (χ0) is 21.8. The van der Waals surface area contributed by atoms with Gasteiger partial charge in [-0.1, -0.05) is 28.1 Å². The van der Waals surface area contributed by atoms with Crippen LogP contribution in [0.1, 0.15) is 18.2 Å². The summed E-state index contributed by atoms with van der Waals surface area (Å²) in [5.41, 5.74) is 6.11. The molecule has 0 spiro atoms. The number of halogens is 2. The minimum Gasteiger partial charge on any atom is -0.387 e. The van der Waals surface area contributed by atoms with Crippen LogP contribution in [-0.4, -0.2) is 54.9 Å². The van der Waals surface area contributed by atoms with E-state index in [1.54, 1.807) is 4.57 Å². The number of hydrogen-bond acceptors (Lipinski definition) is 8. The van der Waals surface area contributed by atoms with E-state index in [0.29, 0.717) is 23.5 Å². The molecule has 3 aromatic rings. The molecule has 2 bridgehead atoms. The molecular weight excluding hydrogens is 492 g/mol. The first-order valence-corrected chi connectivity index (χ1v) is 10.7.